The minimum atomic E-state index is -0.550. The lowest BCUT2D eigenvalue weighted by molar-refractivity contribution is -0.385. The van der Waals surface area contributed by atoms with E-state index in [4.69, 9.17) is 4.74 Å². The molecule has 0 radical (unpaired) electrons. The quantitative estimate of drug-likeness (QED) is 0.668. The predicted octanol–water partition coefficient (Wildman–Crippen LogP) is 2.28. The lowest BCUT2D eigenvalue weighted by Gasteiger charge is -2.12. The molecule has 0 saturated heterocycles. The first kappa shape index (κ1) is 13.3. The number of nitro benzene ring substituents is 1. The Bertz CT molecular complexity index is 495. The Morgan fingerprint density at radius 3 is 2.68 bits per heavy atom. The second-order valence-corrected chi connectivity index (χ2v) is 4.60. The van der Waals surface area contributed by atoms with Crippen LogP contribution in [0.3, 0.4) is 0 Å². The SMILES string of the molecule is COc1ccc(C(=O)NC2CCCC2)cc1[N+](=O)[O-]. The van der Waals surface area contributed by atoms with Crippen LogP contribution in [0.15, 0.2) is 18.2 Å². The fourth-order valence-corrected chi connectivity index (χ4v) is 2.31. The molecule has 0 aliphatic heterocycles. The highest BCUT2D eigenvalue weighted by molar-refractivity contribution is 5.95. The van der Waals surface area contributed by atoms with E-state index in [1.807, 2.05) is 0 Å². The number of methoxy groups -OCH3 is 1. The van der Waals surface area contributed by atoms with Crippen LogP contribution in [-0.2, 0) is 0 Å². The van der Waals surface area contributed by atoms with Gasteiger partial charge >= 0.3 is 5.69 Å². The Labute approximate surface area is 110 Å². The van der Waals surface area contributed by atoms with E-state index in [2.05, 4.69) is 5.32 Å². The van der Waals surface area contributed by atoms with Gasteiger partial charge in [-0.3, -0.25) is 14.9 Å². The Hall–Kier alpha value is -2.11. The number of carbonyl (C=O) groups excluding carboxylic acids is 1. The average molecular weight is 264 g/mol. The number of amides is 1. The molecule has 0 unspecified atom stereocenters. The third kappa shape index (κ3) is 3.01. The maximum absolute atomic E-state index is 12.0. The maximum atomic E-state index is 12.0. The van der Waals surface area contributed by atoms with Crippen molar-refractivity contribution in [1.29, 1.82) is 0 Å². The lowest BCUT2D eigenvalue weighted by atomic mass is 10.1. The number of hydrogen-bond donors (Lipinski definition) is 1. The molecular formula is C13H16N2O4. The highest BCUT2D eigenvalue weighted by Gasteiger charge is 2.21. The van der Waals surface area contributed by atoms with Crippen molar-refractivity contribution in [2.75, 3.05) is 7.11 Å². The second-order valence-electron chi connectivity index (χ2n) is 4.60. The van der Waals surface area contributed by atoms with Crippen LogP contribution in [0.25, 0.3) is 0 Å². The minimum Gasteiger partial charge on any atom is -0.490 e. The number of nitro groups is 1. The van der Waals surface area contributed by atoms with E-state index in [0.717, 1.165) is 25.7 Å². The standard InChI is InChI=1S/C13H16N2O4/c1-19-12-7-6-9(8-11(12)15(17)18)13(16)14-10-4-2-3-5-10/h6-8,10H,2-5H2,1H3,(H,14,16). The Kier molecular flexibility index (Phi) is 3.99. The Morgan fingerprint density at radius 2 is 2.11 bits per heavy atom. The summed E-state index contributed by atoms with van der Waals surface area (Å²) < 4.78 is 4.90. The molecule has 0 atom stereocenters. The zero-order valence-corrected chi connectivity index (χ0v) is 10.7. The van der Waals surface area contributed by atoms with Crippen molar-refractivity contribution in [3.63, 3.8) is 0 Å². The van der Waals surface area contributed by atoms with Crippen LogP contribution in [0.5, 0.6) is 5.75 Å². The third-order valence-corrected chi connectivity index (χ3v) is 3.33. The molecule has 1 aromatic rings. The summed E-state index contributed by atoms with van der Waals surface area (Å²) in [6, 6.07) is 4.43. The Balaban J connectivity index is 2.17. The molecule has 1 aliphatic rings. The smallest absolute Gasteiger partial charge is 0.311 e. The molecule has 19 heavy (non-hydrogen) atoms. The lowest BCUT2D eigenvalue weighted by Crippen LogP contribution is -2.32. The van der Waals surface area contributed by atoms with Crippen LogP contribution < -0.4 is 10.1 Å². The van der Waals surface area contributed by atoms with Crippen molar-refractivity contribution in [2.45, 2.75) is 31.7 Å². The summed E-state index contributed by atoms with van der Waals surface area (Å²) in [5.74, 6) is -0.111. The predicted molar refractivity (Wildman–Crippen MR) is 69.4 cm³/mol. The molecule has 102 valence electrons. The fraction of sp³-hybridized carbons (Fsp3) is 0.462. The molecule has 0 heterocycles. The van der Waals surface area contributed by atoms with Crippen molar-refractivity contribution in [3.05, 3.63) is 33.9 Å². The van der Waals surface area contributed by atoms with Crippen LogP contribution >= 0.6 is 0 Å². The largest absolute Gasteiger partial charge is 0.490 e. The number of hydrogen-bond acceptors (Lipinski definition) is 4. The van der Waals surface area contributed by atoms with Crippen LogP contribution in [0, 0.1) is 10.1 Å². The van der Waals surface area contributed by atoms with E-state index >= 15 is 0 Å². The van der Waals surface area contributed by atoms with Crippen LogP contribution in [-0.4, -0.2) is 24.0 Å². The van der Waals surface area contributed by atoms with Crippen molar-refractivity contribution in [3.8, 4) is 5.75 Å². The first-order chi connectivity index (χ1) is 9.11. The zero-order valence-electron chi connectivity index (χ0n) is 10.7. The fourth-order valence-electron chi connectivity index (χ4n) is 2.31. The van der Waals surface area contributed by atoms with E-state index in [1.165, 1.54) is 25.3 Å². The van der Waals surface area contributed by atoms with Gasteiger partial charge in [0.1, 0.15) is 0 Å². The molecule has 1 N–H and O–H groups in total. The number of nitrogens with one attached hydrogen (secondary N) is 1. The number of rotatable bonds is 4. The van der Waals surface area contributed by atoms with Gasteiger partial charge in [0.25, 0.3) is 5.91 Å². The van der Waals surface area contributed by atoms with Gasteiger partial charge in [0.2, 0.25) is 0 Å². The molecule has 0 aromatic heterocycles. The summed E-state index contributed by atoms with van der Waals surface area (Å²) in [7, 11) is 1.36. The highest BCUT2D eigenvalue weighted by Crippen LogP contribution is 2.27. The molecule has 1 fully saturated rings. The monoisotopic (exact) mass is 264 g/mol. The molecule has 1 amide bonds. The molecular weight excluding hydrogens is 248 g/mol. The molecule has 0 spiro atoms. The van der Waals surface area contributed by atoms with Crippen LogP contribution in [0.1, 0.15) is 36.0 Å². The minimum absolute atomic E-state index is 0.155. The van der Waals surface area contributed by atoms with E-state index in [0.29, 0.717) is 5.56 Å². The van der Waals surface area contributed by atoms with Crippen molar-refractivity contribution >= 4 is 11.6 Å². The molecule has 2 rings (SSSR count). The van der Waals surface area contributed by atoms with Gasteiger partial charge in [-0.1, -0.05) is 12.8 Å². The van der Waals surface area contributed by atoms with Gasteiger partial charge < -0.3 is 10.1 Å². The van der Waals surface area contributed by atoms with Crippen molar-refractivity contribution in [2.24, 2.45) is 0 Å². The van der Waals surface area contributed by atoms with Gasteiger partial charge in [-0.05, 0) is 25.0 Å². The highest BCUT2D eigenvalue weighted by atomic mass is 16.6. The average Bonchev–Trinajstić information content (AvgIpc) is 2.90. The molecule has 1 aromatic carbocycles. The van der Waals surface area contributed by atoms with Gasteiger partial charge in [0.05, 0.1) is 12.0 Å². The van der Waals surface area contributed by atoms with Crippen LogP contribution in [0.2, 0.25) is 0 Å². The number of benzene rings is 1. The van der Waals surface area contributed by atoms with E-state index < -0.39 is 4.92 Å². The Morgan fingerprint density at radius 1 is 1.42 bits per heavy atom. The summed E-state index contributed by atoms with van der Waals surface area (Å²) in [5, 5.41) is 13.8. The normalized spacial score (nSPS) is 15.2. The number of ether oxygens (including phenoxy) is 1. The van der Waals surface area contributed by atoms with E-state index in [-0.39, 0.29) is 23.4 Å². The molecule has 1 saturated carbocycles. The van der Waals surface area contributed by atoms with Crippen molar-refractivity contribution in [1.82, 2.24) is 5.32 Å². The summed E-state index contributed by atoms with van der Waals surface area (Å²) in [6.07, 6.45) is 4.19. The first-order valence-electron chi connectivity index (χ1n) is 6.25. The van der Waals surface area contributed by atoms with Gasteiger partial charge in [0.15, 0.2) is 5.75 Å². The van der Waals surface area contributed by atoms with E-state index in [9.17, 15) is 14.9 Å². The summed E-state index contributed by atoms with van der Waals surface area (Å²) in [5.41, 5.74) is 0.0981. The number of carbonyl (C=O) groups is 1. The van der Waals surface area contributed by atoms with Gasteiger partial charge in [0, 0.05) is 17.7 Å². The summed E-state index contributed by atoms with van der Waals surface area (Å²) in [6.45, 7) is 0. The molecule has 6 nitrogen and oxygen atoms in total. The van der Waals surface area contributed by atoms with Crippen molar-refractivity contribution < 1.29 is 14.5 Å². The van der Waals surface area contributed by atoms with Gasteiger partial charge in [-0.2, -0.15) is 0 Å². The van der Waals surface area contributed by atoms with E-state index in [1.54, 1.807) is 0 Å². The molecule has 6 heteroatoms. The second kappa shape index (κ2) is 5.69. The topological polar surface area (TPSA) is 81.5 Å². The molecule has 1 aliphatic carbocycles. The number of nitrogens with zero attached hydrogens (tertiary/aromatic N) is 1. The van der Waals surface area contributed by atoms with Gasteiger partial charge in [-0.15, -0.1) is 0 Å². The first-order valence-corrected chi connectivity index (χ1v) is 6.25. The van der Waals surface area contributed by atoms with Gasteiger partial charge in [-0.25, -0.2) is 0 Å². The third-order valence-electron chi connectivity index (χ3n) is 3.33. The summed E-state index contributed by atoms with van der Waals surface area (Å²) in [4.78, 5) is 22.3. The zero-order chi connectivity index (χ0) is 13.8. The molecule has 0 bridgehead atoms. The maximum Gasteiger partial charge on any atom is 0.311 e. The van der Waals surface area contributed by atoms with Crippen LogP contribution in [0.4, 0.5) is 5.69 Å². The summed E-state index contributed by atoms with van der Waals surface area (Å²) >= 11 is 0.